The van der Waals surface area contributed by atoms with Crippen molar-refractivity contribution in [1.82, 2.24) is 4.90 Å². The van der Waals surface area contributed by atoms with E-state index in [-0.39, 0.29) is 30.4 Å². The van der Waals surface area contributed by atoms with E-state index in [1.54, 1.807) is 12.0 Å². The van der Waals surface area contributed by atoms with Crippen LogP contribution >= 0.6 is 0 Å². The maximum Gasteiger partial charge on any atom is 0.227 e. The van der Waals surface area contributed by atoms with Crippen molar-refractivity contribution >= 4 is 5.91 Å². The van der Waals surface area contributed by atoms with E-state index >= 15 is 0 Å². The zero-order valence-corrected chi connectivity index (χ0v) is 15.2. The smallest absolute Gasteiger partial charge is 0.227 e. The van der Waals surface area contributed by atoms with Gasteiger partial charge in [-0.15, -0.1) is 0 Å². The second kappa shape index (κ2) is 7.05. The van der Waals surface area contributed by atoms with E-state index in [0.29, 0.717) is 0 Å². The van der Waals surface area contributed by atoms with Crippen molar-refractivity contribution in [2.24, 2.45) is 5.92 Å². The molecule has 2 aromatic rings. The second-order valence-electron chi connectivity index (χ2n) is 7.19. The standard InChI is InChI=1S/C22H22N2O3/c1-27-16-10-8-14(9-11-16)17-4-2-3-5-18(17)21-19(12-23)24(20(21)13-25)22(26)15-6-7-15/h2-5,8-11,15,19-21,25H,6-7,13H2,1H3/t19-,20+,21+/m0/s1. The lowest BCUT2D eigenvalue weighted by Gasteiger charge is -2.52. The van der Waals surface area contributed by atoms with Gasteiger partial charge in [0.15, 0.2) is 0 Å². The molecule has 5 nitrogen and oxygen atoms in total. The monoisotopic (exact) mass is 362 g/mol. The normalized spacial score (nSPS) is 24.0. The molecule has 2 aliphatic rings. The summed E-state index contributed by atoms with van der Waals surface area (Å²) in [6, 6.07) is 17.1. The Kier molecular flexibility index (Phi) is 4.59. The largest absolute Gasteiger partial charge is 0.497 e. The Morgan fingerprint density at radius 1 is 1.22 bits per heavy atom. The first kappa shape index (κ1) is 17.6. The molecule has 27 heavy (non-hydrogen) atoms. The summed E-state index contributed by atoms with van der Waals surface area (Å²) in [6.07, 6.45) is 1.78. The van der Waals surface area contributed by atoms with Crippen LogP contribution in [0.3, 0.4) is 0 Å². The fourth-order valence-electron chi connectivity index (χ4n) is 4.05. The number of methoxy groups -OCH3 is 1. The van der Waals surface area contributed by atoms with Crippen molar-refractivity contribution < 1.29 is 14.6 Å². The van der Waals surface area contributed by atoms with Crippen molar-refractivity contribution in [2.45, 2.75) is 30.8 Å². The number of ether oxygens (including phenoxy) is 1. The fourth-order valence-corrected chi connectivity index (χ4v) is 4.05. The van der Waals surface area contributed by atoms with Crippen molar-refractivity contribution in [1.29, 1.82) is 5.26 Å². The number of aliphatic hydroxyl groups excluding tert-OH is 1. The molecule has 138 valence electrons. The summed E-state index contributed by atoms with van der Waals surface area (Å²) in [7, 11) is 1.63. The van der Waals surface area contributed by atoms with Crippen LogP contribution in [0.5, 0.6) is 5.75 Å². The van der Waals surface area contributed by atoms with Crippen molar-refractivity contribution in [3.8, 4) is 22.9 Å². The third kappa shape index (κ3) is 2.96. The van der Waals surface area contributed by atoms with Crippen molar-refractivity contribution in [3.05, 3.63) is 54.1 Å². The molecule has 2 fully saturated rings. The van der Waals surface area contributed by atoms with Gasteiger partial charge < -0.3 is 14.7 Å². The van der Waals surface area contributed by atoms with Gasteiger partial charge in [-0.05, 0) is 41.7 Å². The highest BCUT2D eigenvalue weighted by Crippen LogP contribution is 2.46. The quantitative estimate of drug-likeness (QED) is 0.887. The molecule has 2 aromatic carbocycles. The Hall–Kier alpha value is -2.84. The van der Waals surface area contributed by atoms with Crippen LogP contribution in [0.2, 0.25) is 0 Å². The molecular weight excluding hydrogens is 340 g/mol. The summed E-state index contributed by atoms with van der Waals surface area (Å²) in [5.41, 5.74) is 3.03. The van der Waals surface area contributed by atoms with E-state index in [0.717, 1.165) is 35.3 Å². The van der Waals surface area contributed by atoms with Crippen LogP contribution in [-0.2, 0) is 4.79 Å². The third-order valence-corrected chi connectivity index (χ3v) is 5.63. The number of amides is 1. The highest BCUT2D eigenvalue weighted by Gasteiger charge is 2.54. The summed E-state index contributed by atoms with van der Waals surface area (Å²) >= 11 is 0. The SMILES string of the molecule is COc1ccc(-c2ccccc2[C@H]2[C@@H](CO)N(C(=O)C3CC3)[C@H]2C#N)cc1. The molecule has 0 spiro atoms. The van der Waals surface area contributed by atoms with E-state index in [4.69, 9.17) is 4.74 Å². The number of carbonyl (C=O) groups excluding carboxylic acids is 1. The predicted octanol–water partition coefficient (Wildman–Crippen LogP) is 2.95. The Labute approximate surface area is 158 Å². The topological polar surface area (TPSA) is 73.6 Å². The highest BCUT2D eigenvalue weighted by molar-refractivity contribution is 5.84. The number of hydrogen-bond donors (Lipinski definition) is 1. The zero-order valence-electron chi connectivity index (χ0n) is 15.2. The van der Waals surface area contributed by atoms with Gasteiger partial charge in [-0.3, -0.25) is 4.79 Å². The maximum absolute atomic E-state index is 12.6. The molecule has 1 aliphatic heterocycles. The van der Waals surface area contributed by atoms with Gasteiger partial charge in [0.2, 0.25) is 5.91 Å². The predicted molar refractivity (Wildman–Crippen MR) is 101 cm³/mol. The van der Waals surface area contributed by atoms with E-state index in [9.17, 15) is 15.2 Å². The molecule has 1 saturated heterocycles. The van der Waals surface area contributed by atoms with E-state index in [1.165, 1.54) is 0 Å². The Morgan fingerprint density at radius 2 is 1.93 bits per heavy atom. The van der Waals surface area contributed by atoms with Crippen molar-refractivity contribution in [2.75, 3.05) is 13.7 Å². The number of nitrogens with zero attached hydrogens (tertiary/aromatic N) is 2. The Morgan fingerprint density at radius 3 is 2.52 bits per heavy atom. The molecule has 1 aliphatic carbocycles. The van der Waals surface area contributed by atoms with Crippen LogP contribution in [0.1, 0.15) is 24.3 Å². The molecule has 0 unspecified atom stereocenters. The van der Waals surface area contributed by atoms with Crippen LogP contribution in [0.15, 0.2) is 48.5 Å². The average molecular weight is 362 g/mol. The number of likely N-dealkylation sites (tertiary alicyclic amines) is 1. The molecule has 1 saturated carbocycles. The van der Waals surface area contributed by atoms with E-state index in [2.05, 4.69) is 6.07 Å². The van der Waals surface area contributed by atoms with Crippen LogP contribution in [0, 0.1) is 17.2 Å². The molecule has 0 aromatic heterocycles. The molecule has 1 heterocycles. The minimum absolute atomic E-state index is 0.0128. The molecule has 1 amide bonds. The first-order valence-electron chi connectivity index (χ1n) is 9.25. The molecule has 4 rings (SSSR count). The van der Waals surface area contributed by atoms with Gasteiger partial charge in [-0.25, -0.2) is 0 Å². The van der Waals surface area contributed by atoms with Crippen LogP contribution in [0.4, 0.5) is 0 Å². The first-order chi connectivity index (χ1) is 13.2. The summed E-state index contributed by atoms with van der Waals surface area (Å²) in [6.45, 7) is -0.141. The first-order valence-corrected chi connectivity index (χ1v) is 9.25. The van der Waals surface area contributed by atoms with Gasteiger partial charge in [0.1, 0.15) is 11.8 Å². The molecule has 1 N–H and O–H groups in total. The van der Waals surface area contributed by atoms with Gasteiger partial charge in [0.25, 0.3) is 0 Å². The molecular formula is C22H22N2O3. The molecule has 3 atom stereocenters. The minimum Gasteiger partial charge on any atom is -0.497 e. The summed E-state index contributed by atoms with van der Waals surface area (Å²) < 4.78 is 5.23. The summed E-state index contributed by atoms with van der Waals surface area (Å²) in [4.78, 5) is 14.2. The van der Waals surface area contributed by atoms with Gasteiger partial charge in [-0.1, -0.05) is 36.4 Å². The lowest BCUT2D eigenvalue weighted by atomic mass is 9.73. The maximum atomic E-state index is 12.6. The minimum atomic E-state index is -0.533. The van der Waals surface area contributed by atoms with Crippen LogP contribution in [0.25, 0.3) is 11.1 Å². The zero-order chi connectivity index (χ0) is 19.0. The third-order valence-electron chi connectivity index (χ3n) is 5.63. The fraction of sp³-hybridized carbons (Fsp3) is 0.364. The van der Waals surface area contributed by atoms with Crippen LogP contribution < -0.4 is 4.74 Å². The Balaban J connectivity index is 1.70. The highest BCUT2D eigenvalue weighted by atomic mass is 16.5. The van der Waals surface area contributed by atoms with Gasteiger partial charge in [0, 0.05) is 11.8 Å². The number of rotatable bonds is 5. The van der Waals surface area contributed by atoms with Gasteiger partial charge in [0.05, 0.1) is 25.8 Å². The van der Waals surface area contributed by atoms with Crippen molar-refractivity contribution in [3.63, 3.8) is 0 Å². The number of aliphatic hydroxyl groups is 1. The number of nitriles is 1. The lowest BCUT2D eigenvalue weighted by Crippen LogP contribution is -2.65. The van der Waals surface area contributed by atoms with Crippen LogP contribution in [-0.4, -0.2) is 41.7 Å². The summed E-state index contributed by atoms with van der Waals surface area (Å²) in [5, 5.41) is 19.7. The lowest BCUT2D eigenvalue weighted by molar-refractivity contribution is -0.148. The number of benzene rings is 2. The number of carbonyl (C=O) groups is 1. The van der Waals surface area contributed by atoms with Gasteiger partial charge in [-0.2, -0.15) is 5.26 Å². The average Bonchev–Trinajstić information content (AvgIpc) is 3.54. The van der Waals surface area contributed by atoms with E-state index < -0.39 is 6.04 Å². The van der Waals surface area contributed by atoms with Gasteiger partial charge >= 0.3 is 0 Å². The molecule has 0 radical (unpaired) electrons. The Bertz CT molecular complexity index is 883. The number of hydrogen-bond acceptors (Lipinski definition) is 4. The molecule has 0 bridgehead atoms. The summed E-state index contributed by atoms with van der Waals surface area (Å²) in [5.74, 6) is 0.636. The molecule has 5 heteroatoms. The van der Waals surface area contributed by atoms with E-state index in [1.807, 2.05) is 48.5 Å². The second-order valence-corrected chi connectivity index (χ2v) is 7.19.